The van der Waals surface area contributed by atoms with Gasteiger partial charge in [-0.3, -0.25) is 4.79 Å². The Bertz CT molecular complexity index is 244. The van der Waals surface area contributed by atoms with Crippen LogP contribution in [0.15, 0.2) is 11.6 Å². The number of thioether (sulfide) groups is 1. The average Bonchev–Trinajstić information content (AvgIpc) is 2.72. The van der Waals surface area contributed by atoms with Crippen molar-refractivity contribution >= 4 is 17.5 Å². The van der Waals surface area contributed by atoms with Gasteiger partial charge in [-0.15, -0.1) is 0 Å². The Balaban J connectivity index is 1.81. The molecule has 1 atom stereocenters. The third-order valence-corrected chi connectivity index (χ3v) is 3.91. The lowest BCUT2D eigenvalue weighted by atomic mass is 10.0. The zero-order valence-corrected chi connectivity index (χ0v) is 9.24. The summed E-state index contributed by atoms with van der Waals surface area (Å²) in [4.78, 5) is 11.8. The third-order valence-electron chi connectivity index (χ3n) is 2.85. The number of hydrogen-bond acceptors (Lipinski definition) is 3. The third kappa shape index (κ3) is 2.61. The molecule has 14 heavy (non-hydrogen) atoms. The first kappa shape index (κ1) is 10.2. The van der Waals surface area contributed by atoms with E-state index in [2.05, 4.69) is 11.4 Å². The second-order valence-corrected chi connectivity index (χ2v) is 5.13. The highest BCUT2D eigenvalue weighted by molar-refractivity contribution is 7.99. The van der Waals surface area contributed by atoms with Crippen molar-refractivity contribution in [3.8, 4) is 0 Å². The van der Waals surface area contributed by atoms with Crippen LogP contribution in [0.4, 0.5) is 0 Å². The number of allylic oxidation sites excluding steroid dienone is 2. The van der Waals surface area contributed by atoms with Gasteiger partial charge in [0, 0.05) is 24.5 Å². The van der Waals surface area contributed by atoms with Crippen molar-refractivity contribution in [2.75, 3.05) is 18.1 Å². The highest BCUT2D eigenvalue weighted by Crippen LogP contribution is 2.22. The molecule has 0 aromatic rings. The number of Topliss-reactive ketones (excluding diaryl/α,β-unsaturated/α-hetero) is 1. The molecule has 2 nitrogen and oxygen atoms in total. The molecule has 1 aliphatic carbocycles. The van der Waals surface area contributed by atoms with Gasteiger partial charge in [-0.1, -0.05) is 11.6 Å². The van der Waals surface area contributed by atoms with E-state index in [0.29, 0.717) is 12.2 Å². The minimum atomic E-state index is 0.121. The molecule has 0 saturated carbocycles. The summed E-state index contributed by atoms with van der Waals surface area (Å²) in [5.41, 5.74) is 1.37. The van der Waals surface area contributed by atoms with Crippen molar-refractivity contribution in [1.29, 1.82) is 0 Å². The molecule has 2 aliphatic rings. The number of rotatable bonds is 3. The Labute approximate surface area is 89.5 Å². The summed E-state index contributed by atoms with van der Waals surface area (Å²) in [5.74, 6) is 2.50. The minimum absolute atomic E-state index is 0.121. The van der Waals surface area contributed by atoms with Gasteiger partial charge in [0.1, 0.15) is 0 Å². The molecular formula is C11H17NOS. The number of carbonyl (C=O) groups excluding carboxylic acids is 1. The molecule has 2 rings (SSSR count). The van der Waals surface area contributed by atoms with Crippen molar-refractivity contribution in [2.45, 2.75) is 31.7 Å². The van der Waals surface area contributed by atoms with Crippen molar-refractivity contribution in [1.82, 2.24) is 5.32 Å². The highest BCUT2D eigenvalue weighted by Gasteiger charge is 2.21. The molecule has 1 saturated heterocycles. The van der Waals surface area contributed by atoms with Crippen LogP contribution in [-0.4, -0.2) is 29.9 Å². The van der Waals surface area contributed by atoms with Gasteiger partial charge in [0.05, 0.1) is 6.04 Å². The maximum absolute atomic E-state index is 11.8. The number of carbonyl (C=O) groups is 1. The first-order chi connectivity index (χ1) is 6.86. The zero-order valence-electron chi connectivity index (χ0n) is 8.42. The largest absolute Gasteiger partial charge is 0.306 e. The van der Waals surface area contributed by atoms with Crippen LogP contribution in [0.1, 0.15) is 25.7 Å². The van der Waals surface area contributed by atoms with Gasteiger partial charge in [-0.25, -0.2) is 0 Å². The smallest absolute Gasteiger partial charge is 0.154 e. The summed E-state index contributed by atoms with van der Waals surface area (Å²) >= 11 is 1.89. The lowest BCUT2D eigenvalue weighted by molar-refractivity contribution is -0.119. The van der Waals surface area contributed by atoms with E-state index in [1.165, 1.54) is 18.4 Å². The summed E-state index contributed by atoms with van der Waals surface area (Å²) in [7, 11) is 0. The maximum Gasteiger partial charge on any atom is 0.154 e. The molecule has 0 aromatic heterocycles. The summed E-state index contributed by atoms with van der Waals surface area (Å²) in [5, 5.41) is 3.30. The van der Waals surface area contributed by atoms with Gasteiger partial charge >= 0.3 is 0 Å². The average molecular weight is 211 g/mol. The van der Waals surface area contributed by atoms with E-state index >= 15 is 0 Å². The van der Waals surface area contributed by atoms with Crippen molar-refractivity contribution in [3.63, 3.8) is 0 Å². The summed E-state index contributed by atoms with van der Waals surface area (Å²) in [6.07, 6.45) is 6.50. The fraction of sp³-hybridized carbons (Fsp3) is 0.727. The number of ketones is 1. The molecule has 1 unspecified atom stereocenters. The second kappa shape index (κ2) is 4.99. The standard InChI is InChI=1S/C11H17NOS/c13-11(7-9-3-1-2-4-9)10-8-14-6-5-12-10/h3,10,12H,1-2,4-8H2. The fourth-order valence-corrected chi connectivity index (χ4v) is 2.99. The van der Waals surface area contributed by atoms with E-state index in [1.807, 2.05) is 11.8 Å². The summed E-state index contributed by atoms with van der Waals surface area (Å²) in [6, 6.07) is 0.121. The van der Waals surface area contributed by atoms with Crippen molar-refractivity contribution in [2.24, 2.45) is 0 Å². The molecule has 1 fully saturated rings. The predicted octanol–water partition coefficient (Wildman–Crippen LogP) is 1.76. The summed E-state index contributed by atoms with van der Waals surface area (Å²) in [6.45, 7) is 0.986. The van der Waals surface area contributed by atoms with Crippen LogP contribution in [-0.2, 0) is 4.79 Å². The maximum atomic E-state index is 11.8. The van der Waals surface area contributed by atoms with Gasteiger partial charge in [0.25, 0.3) is 0 Å². The zero-order chi connectivity index (χ0) is 9.80. The van der Waals surface area contributed by atoms with E-state index in [4.69, 9.17) is 0 Å². The van der Waals surface area contributed by atoms with Gasteiger partial charge in [0.15, 0.2) is 5.78 Å². The lowest BCUT2D eigenvalue weighted by Gasteiger charge is -2.22. The van der Waals surface area contributed by atoms with Crippen LogP contribution in [0.25, 0.3) is 0 Å². The van der Waals surface area contributed by atoms with Gasteiger partial charge in [0.2, 0.25) is 0 Å². The fourth-order valence-electron chi connectivity index (χ4n) is 2.02. The van der Waals surface area contributed by atoms with Crippen molar-refractivity contribution < 1.29 is 4.79 Å². The predicted molar refractivity (Wildman–Crippen MR) is 60.7 cm³/mol. The summed E-state index contributed by atoms with van der Waals surface area (Å²) < 4.78 is 0. The normalized spacial score (nSPS) is 27.4. The van der Waals surface area contributed by atoms with Gasteiger partial charge in [-0.05, 0) is 19.3 Å². The molecule has 0 bridgehead atoms. The minimum Gasteiger partial charge on any atom is -0.306 e. The van der Waals surface area contributed by atoms with E-state index in [1.54, 1.807) is 0 Å². The molecule has 1 N–H and O–H groups in total. The Morgan fingerprint density at radius 2 is 2.57 bits per heavy atom. The monoisotopic (exact) mass is 211 g/mol. The SMILES string of the molecule is O=C(CC1=CCCC1)C1CSCCN1. The van der Waals surface area contributed by atoms with Crippen LogP contribution in [0.3, 0.4) is 0 Å². The first-order valence-corrected chi connectivity index (χ1v) is 6.53. The van der Waals surface area contributed by atoms with E-state index in [0.717, 1.165) is 24.5 Å². The molecule has 0 amide bonds. The molecule has 0 radical (unpaired) electrons. The van der Waals surface area contributed by atoms with Crippen LogP contribution in [0, 0.1) is 0 Å². The van der Waals surface area contributed by atoms with E-state index < -0.39 is 0 Å². The first-order valence-electron chi connectivity index (χ1n) is 5.38. The molecule has 0 aromatic carbocycles. The van der Waals surface area contributed by atoms with Crippen molar-refractivity contribution in [3.05, 3.63) is 11.6 Å². The highest BCUT2D eigenvalue weighted by atomic mass is 32.2. The molecule has 1 aliphatic heterocycles. The van der Waals surface area contributed by atoms with Gasteiger partial charge in [-0.2, -0.15) is 11.8 Å². The van der Waals surface area contributed by atoms with Crippen LogP contribution < -0.4 is 5.32 Å². The Kier molecular flexibility index (Phi) is 3.65. The lowest BCUT2D eigenvalue weighted by Crippen LogP contribution is -2.43. The number of nitrogens with one attached hydrogen (secondary N) is 1. The molecule has 3 heteroatoms. The van der Waals surface area contributed by atoms with E-state index in [9.17, 15) is 4.79 Å². The molecular weight excluding hydrogens is 194 g/mol. The van der Waals surface area contributed by atoms with E-state index in [-0.39, 0.29) is 6.04 Å². The number of hydrogen-bond donors (Lipinski definition) is 1. The van der Waals surface area contributed by atoms with Crippen LogP contribution in [0.2, 0.25) is 0 Å². The Hall–Kier alpha value is -0.280. The van der Waals surface area contributed by atoms with Crippen LogP contribution >= 0.6 is 11.8 Å². The van der Waals surface area contributed by atoms with Gasteiger partial charge < -0.3 is 5.32 Å². The quantitative estimate of drug-likeness (QED) is 0.721. The van der Waals surface area contributed by atoms with Crippen LogP contribution in [0.5, 0.6) is 0 Å². The Morgan fingerprint density at radius 1 is 1.64 bits per heavy atom. The molecule has 0 spiro atoms. The Morgan fingerprint density at radius 3 is 3.21 bits per heavy atom. The second-order valence-electron chi connectivity index (χ2n) is 3.98. The molecule has 78 valence electrons. The topological polar surface area (TPSA) is 29.1 Å². The molecule has 1 heterocycles.